The fourth-order valence-corrected chi connectivity index (χ4v) is 2.73. The van der Waals surface area contributed by atoms with Crippen LogP contribution in [0.3, 0.4) is 0 Å². The quantitative estimate of drug-likeness (QED) is 0.771. The highest BCUT2D eigenvalue weighted by Gasteiger charge is 2.08. The molecule has 18 heavy (non-hydrogen) atoms. The lowest BCUT2D eigenvalue weighted by Gasteiger charge is -2.12. The number of ether oxygens (including phenoxy) is 1. The SMILES string of the molecule is CS(=O)(=O)CCCOc1c(Br)cccc1CCN. The van der Waals surface area contributed by atoms with Crippen molar-refractivity contribution in [1.29, 1.82) is 0 Å². The van der Waals surface area contributed by atoms with Gasteiger partial charge in [0, 0.05) is 6.26 Å². The second-order valence-electron chi connectivity index (χ2n) is 4.10. The molecule has 0 aromatic heterocycles. The van der Waals surface area contributed by atoms with E-state index in [9.17, 15) is 8.42 Å². The molecule has 0 radical (unpaired) electrons. The van der Waals surface area contributed by atoms with E-state index in [1.54, 1.807) is 0 Å². The first-order chi connectivity index (χ1) is 8.44. The molecule has 6 heteroatoms. The second-order valence-corrected chi connectivity index (χ2v) is 7.21. The van der Waals surface area contributed by atoms with E-state index in [1.807, 2.05) is 18.2 Å². The Labute approximate surface area is 117 Å². The van der Waals surface area contributed by atoms with Crippen LogP contribution in [0.15, 0.2) is 22.7 Å². The molecule has 0 saturated carbocycles. The van der Waals surface area contributed by atoms with Crippen molar-refractivity contribution in [3.8, 4) is 5.75 Å². The highest BCUT2D eigenvalue weighted by molar-refractivity contribution is 9.10. The molecule has 102 valence electrons. The van der Waals surface area contributed by atoms with Gasteiger partial charge in [0.25, 0.3) is 0 Å². The summed E-state index contributed by atoms with van der Waals surface area (Å²) in [5, 5.41) is 0. The van der Waals surface area contributed by atoms with Crippen molar-refractivity contribution in [2.75, 3.05) is 25.2 Å². The second kappa shape index (κ2) is 7.11. The van der Waals surface area contributed by atoms with Crippen LogP contribution in [0, 0.1) is 0 Å². The monoisotopic (exact) mass is 335 g/mol. The van der Waals surface area contributed by atoms with E-state index in [0.29, 0.717) is 19.6 Å². The molecule has 0 unspecified atom stereocenters. The zero-order valence-corrected chi connectivity index (χ0v) is 12.8. The summed E-state index contributed by atoms with van der Waals surface area (Å²) in [6.45, 7) is 0.934. The van der Waals surface area contributed by atoms with Crippen LogP contribution in [0.25, 0.3) is 0 Å². The van der Waals surface area contributed by atoms with Gasteiger partial charge in [0.2, 0.25) is 0 Å². The largest absolute Gasteiger partial charge is 0.492 e. The Hall–Kier alpha value is -0.590. The summed E-state index contributed by atoms with van der Waals surface area (Å²) >= 11 is 3.42. The van der Waals surface area contributed by atoms with E-state index in [2.05, 4.69) is 15.9 Å². The van der Waals surface area contributed by atoms with Crippen molar-refractivity contribution < 1.29 is 13.2 Å². The van der Waals surface area contributed by atoms with Crippen LogP contribution in [-0.2, 0) is 16.3 Å². The minimum absolute atomic E-state index is 0.143. The number of benzene rings is 1. The molecule has 0 bridgehead atoms. The molecule has 2 N–H and O–H groups in total. The summed E-state index contributed by atoms with van der Waals surface area (Å²) < 4.78 is 28.5. The van der Waals surface area contributed by atoms with Crippen LogP contribution >= 0.6 is 15.9 Å². The Morgan fingerprint density at radius 3 is 2.72 bits per heavy atom. The molecule has 0 aliphatic heterocycles. The average Bonchev–Trinajstić information content (AvgIpc) is 2.26. The lowest BCUT2D eigenvalue weighted by atomic mass is 10.1. The van der Waals surface area contributed by atoms with Gasteiger partial charge in [0.05, 0.1) is 16.8 Å². The summed E-state index contributed by atoms with van der Waals surface area (Å²) in [6, 6.07) is 5.79. The minimum Gasteiger partial charge on any atom is -0.492 e. The number of nitrogens with two attached hydrogens (primary N) is 1. The zero-order chi connectivity index (χ0) is 13.6. The molecule has 0 saturated heterocycles. The Bertz CT molecular complexity index is 488. The topological polar surface area (TPSA) is 69.4 Å². The minimum atomic E-state index is -2.92. The summed E-state index contributed by atoms with van der Waals surface area (Å²) in [5.74, 6) is 0.903. The Morgan fingerprint density at radius 2 is 2.11 bits per heavy atom. The maximum atomic E-state index is 11.0. The van der Waals surface area contributed by atoms with Crippen LogP contribution in [0.5, 0.6) is 5.75 Å². The molecule has 0 atom stereocenters. The Balaban J connectivity index is 2.60. The third-order valence-electron chi connectivity index (χ3n) is 2.37. The van der Waals surface area contributed by atoms with Crippen LogP contribution in [0.4, 0.5) is 0 Å². The predicted molar refractivity (Wildman–Crippen MR) is 76.7 cm³/mol. The normalized spacial score (nSPS) is 11.5. The number of halogens is 1. The van der Waals surface area contributed by atoms with Crippen molar-refractivity contribution in [2.24, 2.45) is 5.73 Å². The van der Waals surface area contributed by atoms with E-state index in [1.165, 1.54) is 6.26 Å². The van der Waals surface area contributed by atoms with Gasteiger partial charge in [-0.25, -0.2) is 8.42 Å². The number of hydrogen-bond donors (Lipinski definition) is 1. The van der Waals surface area contributed by atoms with Gasteiger partial charge in [-0.1, -0.05) is 12.1 Å². The van der Waals surface area contributed by atoms with Crippen molar-refractivity contribution in [3.63, 3.8) is 0 Å². The van der Waals surface area contributed by atoms with E-state index < -0.39 is 9.84 Å². The summed E-state index contributed by atoms with van der Waals surface area (Å²) in [4.78, 5) is 0. The number of para-hydroxylation sites is 1. The fraction of sp³-hybridized carbons (Fsp3) is 0.500. The molecule has 0 amide bonds. The summed E-state index contributed by atoms with van der Waals surface area (Å²) in [5.41, 5.74) is 6.57. The van der Waals surface area contributed by atoms with Gasteiger partial charge in [-0.15, -0.1) is 0 Å². The summed E-state index contributed by atoms with van der Waals surface area (Å²) in [6.07, 6.45) is 2.45. The third-order valence-corrected chi connectivity index (χ3v) is 4.02. The smallest absolute Gasteiger partial charge is 0.147 e. The maximum Gasteiger partial charge on any atom is 0.147 e. The van der Waals surface area contributed by atoms with Gasteiger partial charge in [0.1, 0.15) is 15.6 Å². The number of sulfone groups is 1. The van der Waals surface area contributed by atoms with Gasteiger partial charge < -0.3 is 10.5 Å². The first kappa shape index (κ1) is 15.5. The highest BCUT2D eigenvalue weighted by atomic mass is 79.9. The maximum absolute atomic E-state index is 11.0. The van der Waals surface area contributed by atoms with Crippen LogP contribution < -0.4 is 10.5 Å². The van der Waals surface area contributed by atoms with Crippen LogP contribution in [-0.4, -0.2) is 33.6 Å². The number of hydrogen-bond acceptors (Lipinski definition) is 4. The molecule has 0 aliphatic carbocycles. The van der Waals surface area contributed by atoms with Gasteiger partial charge in [-0.3, -0.25) is 0 Å². The molecule has 1 aromatic rings. The molecular formula is C12H18BrNO3S. The third kappa shape index (κ3) is 5.37. The van der Waals surface area contributed by atoms with Gasteiger partial charge in [-0.05, 0) is 46.9 Å². The molecular weight excluding hydrogens is 318 g/mol. The lowest BCUT2D eigenvalue weighted by molar-refractivity contribution is 0.312. The molecule has 1 rings (SSSR count). The molecule has 4 nitrogen and oxygen atoms in total. The number of rotatable bonds is 7. The van der Waals surface area contributed by atoms with Crippen LogP contribution in [0.2, 0.25) is 0 Å². The van der Waals surface area contributed by atoms with Crippen molar-refractivity contribution in [1.82, 2.24) is 0 Å². The van der Waals surface area contributed by atoms with Gasteiger partial charge in [-0.2, -0.15) is 0 Å². The van der Waals surface area contributed by atoms with Crippen molar-refractivity contribution in [3.05, 3.63) is 28.2 Å². The standard InChI is InChI=1S/C12H18BrNO3S/c1-18(15,16)9-3-8-17-12-10(6-7-14)4-2-5-11(12)13/h2,4-5H,3,6-9,14H2,1H3. The lowest BCUT2D eigenvalue weighted by Crippen LogP contribution is -2.10. The molecule has 0 spiro atoms. The average molecular weight is 336 g/mol. The van der Waals surface area contributed by atoms with E-state index in [4.69, 9.17) is 10.5 Å². The highest BCUT2D eigenvalue weighted by Crippen LogP contribution is 2.29. The summed E-state index contributed by atoms with van der Waals surface area (Å²) in [7, 11) is -2.92. The van der Waals surface area contributed by atoms with E-state index >= 15 is 0 Å². The predicted octanol–water partition coefficient (Wildman–Crippen LogP) is 1.76. The van der Waals surface area contributed by atoms with Gasteiger partial charge in [0.15, 0.2) is 0 Å². The first-order valence-electron chi connectivity index (χ1n) is 5.72. The molecule has 0 aliphatic rings. The molecule has 0 heterocycles. The Kier molecular flexibility index (Phi) is 6.11. The van der Waals surface area contributed by atoms with Gasteiger partial charge >= 0.3 is 0 Å². The fourth-order valence-electron chi connectivity index (χ4n) is 1.56. The van der Waals surface area contributed by atoms with Crippen LogP contribution in [0.1, 0.15) is 12.0 Å². The first-order valence-corrected chi connectivity index (χ1v) is 8.57. The zero-order valence-electron chi connectivity index (χ0n) is 10.4. The molecule has 1 aromatic carbocycles. The Morgan fingerprint density at radius 1 is 1.39 bits per heavy atom. The molecule has 0 fully saturated rings. The van der Waals surface area contributed by atoms with Crippen molar-refractivity contribution in [2.45, 2.75) is 12.8 Å². The van der Waals surface area contributed by atoms with E-state index in [-0.39, 0.29) is 5.75 Å². The van der Waals surface area contributed by atoms with E-state index in [0.717, 1.165) is 22.2 Å². The van der Waals surface area contributed by atoms with Crippen molar-refractivity contribution >= 4 is 25.8 Å².